The number of carbonyl (C=O) groups is 2. The summed E-state index contributed by atoms with van der Waals surface area (Å²) in [6.07, 6.45) is 2.85. The molecule has 6 nitrogen and oxygen atoms in total. The van der Waals surface area contributed by atoms with Gasteiger partial charge in [0.2, 0.25) is 0 Å². The highest BCUT2D eigenvalue weighted by Gasteiger charge is 2.28. The number of allylic oxidation sites excluding steroid dienone is 1. The molecule has 1 aliphatic heterocycles. The minimum atomic E-state index is -1.05. The minimum absolute atomic E-state index is 0.287. The van der Waals surface area contributed by atoms with Crippen molar-refractivity contribution in [2.24, 2.45) is 0 Å². The largest absolute Gasteiger partial charge is 0.459 e. The van der Waals surface area contributed by atoms with Gasteiger partial charge in [0, 0.05) is 12.5 Å². The Balaban J connectivity index is 2.43. The molecule has 0 aromatic carbocycles. The van der Waals surface area contributed by atoms with Crippen LogP contribution in [0, 0.1) is 0 Å². The third kappa shape index (κ3) is 5.14. The summed E-state index contributed by atoms with van der Waals surface area (Å²) in [6, 6.07) is 0. The molecule has 1 fully saturated rings. The highest BCUT2D eigenvalue weighted by molar-refractivity contribution is 5.81. The van der Waals surface area contributed by atoms with Gasteiger partial charge in [0.1, 0.15) is 24.4 Å². The first-order valence-corrected chi connectivity index (χ1v) is 6.51. The van der Waals surface area contributed by atoms with E-state index in [0.29, 0.717) is 6.42 Å². The first-order valence-electron chi connectivity index (χ1n) is 6.51. The SMILES string of the molecule is C/C=C/C(=O)O[C@H](C)[C@@H](O)/C=C/[C@@H](O)[C@@H]1CCC(=O)O1. The van der Waals surface area contributed by atoms with Crippen LogP contribution < -0.4 is 0 Å². The number of aliphatic hydroxyl groups excluding tert-OH is 2. The Hall–Kier alpha value is -1.66. The average molecular weight is 284 g/mol. The van der Waals surface area contributed by atoms with Gasteiger partial charge in [0.05, 0.1) is 0 Å². The van der Waals surface area contributed by atoms with Gasteiger partial charge in [-0.3, -0.25) is 4.79 Å². The van der Waals surface area contributed by atoms with E-state index < -0.39 is 30.4 Å². The van der Waals surface area contributed by atoms with Crippen molar-refractivity contribution in [3.8, 4) is 0 Å². The lowest BCUT2D eigenvalue weighted by molar-refractivity contribution is -0.146. The standard InChI is InChI=1S/C14H20O6/c1-3-4-13(17)19-9(2)10(15)5-6-11(16)12-7-8-14(18)20-12/h3-6,9-12,15-16H,7-8H2,1-2H3/b4-3+,6-5+/t9-,10+,11-,12+/m1/s1. The maximum absolute atomic E-state index is 11.2. The van der Waals surface area contributed by atoms with Crippen LogP contribution in [-0.2, 0) is 19.1 Å². The van der Waals surface area contributed by atoms with Gasteiger partial charge in [-0.25, -0.2) is 4.79 Å². The number of hydrogen-bond donors (Lipinski definition) is 2. The molecule has 1 rings (SSSR count). The summed E-state index contributed by atoms with van der Waals surface area (Å²) in [5.74, 6) is -0.880. The Morgan fingerprint density at radius 3 is 2.70 bits per heavy atom. The van der Waals surface area contributed by atoms with E-state index in [1.165, 1.54) is 24.3 Å². The first-order chi connectivity index (χ1) is 9.43. The van der Waals surface area contributed by atoms with Crippen molar-refractivity contribution in [1.29, 1.82) is 0 Å². The van der Waals surface area contributed by atoms with Gasteiger partial charge in [-0.1, -0.05) is 18.2 Å². The molecule has 0 amide bonds. The zero-order chi connectivity index (χ0) is 15.1. The number of esters is 2. The molecule has 20 heavy (non-hydrogen) atoms. The van der Waals surface area contributed by atoms with Crippen LogP contribution in [0.15, 0.2) is 24.3 Å². The lowest BCUT2D eigenvalue weighted by Crippen LogP contribution is -2.28. The number of ether oxygens (including phenoxy) is 2. The summed E-state index contributed by atoms with van der Waals surface area (Å²) >= 11 is 0. The van der Waals surface area contributed by atoms with Gasteiger partial charge < -0.3 is 19.7 Å². The molecule has 0 aliphatic carbocycles. The molecule has 0 saturated carbocycles. The number of cyclic esters (lactones) is 1. The van der Waals surface area contributed by atoms with Crippen LogP contribution in [0.1, 0.15) is 26.7 Å². The molecular weight excluding hydrogens is 264 g/mol. The minimum Gasteiger partial charge on any atom is -0.459 e. The summed E-state index contributed by atoms with van der Waals surface area (Å²) in [4.78, 5) is 22.1. The third-order valence-corrected chi connectivity index (χ3v) is 2.89. The van der Waals surface area contributed by atoms with Crippen LogP contribution in [0.4, 0.5) is 0 Å². The number of carbonyl (C=O) groups excluding carboxylic acids is 2. The molecule has 0 aromatic rings. The van der Waals surface area contributed by atoms with Crippen molar-refractivity contribution in [2.75, 3.05) is 0 Å². The summed E-state index contributed by atoms with van der Waals surface area (Å²) < 4.78 is 9.83. The van der Waals surface area contributed by atoms with Gasteiger partial charge in [0.15, 0.2) is 0 Å². The van der Waals surface area contributed by atoms with Gasteiger partial charge in [0.25, 0.3) is 0 Å². The number of hydrogen-bond acceptors (Lipinski definition) is 6. The molecule has 0 spiro atoms. The predicted octanol–water partition coefficient (Wildman–Crippen LogP) is 0.478. The van der Waals surface area contributed by atoms with Crippen molar-refractivity contribution in [3.63, 3.8) is 0 Å². The third-order valence-electron chi connectivity index (χ3n) is 2.89. The molecule has 4 atom stereocenters. The Morgan fingerprint density at radius 2 is 2.15 bits per heavy atom. The van der Waals surface area contributed by atoms with E-state index in [4.69, 9.17) is 9.47 Å². The molecule has 112 valence electrons. The Labute approximate surface area is 117 Å². The fraction of sp³-hybridized carbons (Fsp3) is 0.571. The highest BCUT2D eigenvalue weighted by atomic mass is 16.6. The zero-order valence-electron chi connectivity index (χ0n) is 11.6. The molecule has 1 saturated heterocycles. The van der Waals surface area contributed by atoms with E-state index in [1.807, 2.05) is 0 Å². The fourth-order valence-corrected chi connectivity index (χ4v) is 1.72. The Bertz CT molecular complexity index is 400. The predicted molar refractivity (Wildman–Crippen MR) is 70.6 cm³/mol. The maximum atomic E-state index is 11.2. The van der Waals surface area contributed by atoms with E-state index in [-0.39, 0.29) is 12.4 Å². The summed E-state index contributed by atoms with van der Waals surface area (Å²) in [7, 11) is 0. The molecule has 0 unspecified atom stereocenters. The molecule has 1 heterocycles. The Kier molecular flexibility index (Phi) is 6.41. The summed E-state index contributed by atoms with van der Waals surface area (Å²) in [5, 5.41) is 19.5. The second-order valence-electron chi connectivity index (χ2n) is 4.58. The van der Waals surface area contributed by atoms with E-state index in [0.717, 1.165) is 0 Å². The van der Waals surface area contributed by atoms with Gasteiger partial charge >= 0.3 is 11.9 Å². The summed E-state index contributed by atoms with van der Waals surface area (Å²) in [5.41, 5.74) is 0. The molecule has 1 aliphatic rings. The summed E-state index contributed by atoms with van der Waals surface area (Å²) in [6.45, 7) is 3.22. The molecule has 0 aromatic heterocycles. The monoisotopic (exact) mass is 284 g/mol. The van der Waals surface area contributed by atoms with Crippen LogP contribution in [0.3, 0.4) is 0 Å². The second kappa shape index (κ2) is 7.81. The van der Waals surface area contributed by atoms with Gasteiger partial charge in [-0.15, -0.1) is 0 Å². The van der Waals surface area contributed by atoms with Crippen molar-refractivity contribution < 1.29 is 29.3 Å². The molecule has 0 radical (unpaired) electrons. The van der Waals surface area contributed by atoms with Gasteiger partial charge in [-0.05, 0) is 20.3 Å². The van der Waals surface area contributed by atoms with Crippen molar-refractivity contribution in [3.05, 3.63) is 24.3 Å². The zero-order valence-corrected chi connectivity index (χ0v) is 11.6. The van der Waals surface area contributed by atoms with E-state index >= 15 is 0 Å². The molecular formula is C14H20O6. The lowest BCUT2D eigenvalue weighted by atomic mass is 10.1. The van der Waals surface area contributed by atoms with Crippen LogP contribution in [0.5, 0.6) is 0 Å². The van der Waals surface area contributed by atoms with E-state index in [9.17, 15) is 19.8 Å². The smallest absolute Gasteiger partial charge is 0.330 e. The van der Waals surface area contributed by atoms with Crippen LogP contribution >= 0.6 is 0 Å². The topological polar surface area (TPSA) is 93.1 Å². The quantitative estimate of drug-likeness (QED) is 0.418. The second-order valence-corrected chi connectivity index (χ2v) is 4.58. The van der Waals surface area contributed by atoms with Crippen molar-refractivity contribution in [2.45, 2.75) is 51.1 Å². The van der Waals surface area contributed by atoms with Crippen molar-refractivity contribution >= 4 is 11.9 Å². The van der Waals surface area contributed by atoms with Crippen molar-refractivity contribution in [1.82, 2.24) is 0 Å². The normalized spacial score (nSPS) is 23.8. The average Bonchev–Trinajstić information content (AvgIpc) is 2.82. The molecule has 0 bridgehead atoms. The Morgan fingerprint density at radius 1 is 1.45 bits per heavy atom. The lowest BCUT2D eigenvalue weighted by Gasteiger charge is -2.17. The fourth-order valence-electron chi connectivity index (χ4n) is 1.72. The van der Waals surface area contributed by atoms with Crippen LogP contribution in [0.25, 0.3) is 0 Å². The number of aliphatic hydroxyl groups is 2. The van der Waals surface area contributed by atoms with E-state index in [2.05, 4.69) is 0 Å². The maximum Gasteiger partial charge on any atom is 0.330 e. The molecule has 2 N–H and O–H groups in total. The molecule has 6 heteroatoms. The first kappa shape index (κ1) is 16.4. The number of rotatable bonds is 6. The van der Waals surface area contributed by atoms with E-state index in [1.54, 1.807) is 13.8 Å². The van der Waals surface area contributed by atoms with Crippen LogP contribution in [-0.4, -0.2) is 46.6 Å². The van der Waals surface area contributed by atoms with Crippen LogP contribution in [0.2, 0.25) is 0 Å². The van der Waals surface area contributed by atoms with Gasteiger partial charge in [-0.2, -0.15) is 0 Å². The highest BCUT2D eigenvalue weighted by Crippen LogP contribution is 2.18.